The highest BCUT2D eigenvalue weighted by Crippen LogP contribution is 2.41. The summed E-state index contributed by atoms with van der Waals surface area (Å²) < 4.78 is 85.6. The minimum absolute atomic E-state index is 0.0444. The molecule has 0 saturated carbocycles. The van der Waals surface area contributed by atoms with Crippen molar-refractivity contribution in [3.05, 3.63) is 63.7 Å². The van der Waals surface area contributed by atoms with Gasteiger partial charge in [0.25, 0.3) is 0 Å². The van der Waals surface area contributed by atoms with Crippen molar-refractivity contribution in [1.82, 2.24) is 4.90 Å². The second-order valence-electron chi connectivity index (χ2n) is 9.01. The fourth-order valence-electron chi connectivity index (χ4n) is 4.28. The van der Waals surface area contributed by atoms with E-state index in [4.69, 9.17) is 16.3 Å². The molecule has 0 saturated heterocycles. The van der Waals surface area contributed by atoms with E-state index in [1.165, 1.54) is 28.9 Å². The Labute approximate surface area is 214 Å². The first-order chi connectivity index (χ1) is 17.1. The molecule has 0 aromatic heterocycles. The lowest BCUT2D eigenvalue weighted by atomic mass is 9.98. The van der Waals surface area contributed by atoms with Gasteiger partial charge in [0.2, 0.25) is 5.91 Å². The van der Waals surface area contributed by atoms with Gasteiger partial charge in [0, 0.05) is 25.0 Å². The van der Waals surface area contributed by atoms with E-state index in [1.807, 2.05) is 0 Å². The molecule has 0 aliphatic carbocycles. The van der Waals surface area contributed by atoms with Crippen LogP contribution in [0.5, 0.6) is 0 Å². The molecule has 0 spiro atoms. The molecule has 12 heteroatoms. The summed E-state index contributed by atoms with van der Waals surface area (Å²) in [4.78, 5) is 28.1. The fourth-order valence-corrected chi connectivity index (χ4v) is 4.44. The minimum Gasteiger partial charge on any atom is -0.446 e. The Balaban J connectivity index is 2.07. The summed E-state index contributed by atoms with van der Waals surface area (Å²) in [5.74, 6) is -0.560. The third kappa shape index (κ3) is 6.88. The van der Waals surface area contributed by atoms with Gasteiger partial charge in [-0.05, 0) is 68.1 Å². The zero-order valence-corrected chi connectivity index (χ0v) is 21.0. The predicted molar refractivity (Wildman–Crippen MR) is 125 cm³/mol. The fraction of sp³-hybridized carbons (Fsp3) is 0.440. The maximum Gasteiger partial charge on any atom is 0.416 e. The van der Waals surface area contributed by atoms with Crippen LogP contribution in [0.15, 0.2) is 36.4 Å². The molecule has 0 unspecified atom stereocenters. The standard InChI is InChI=1S/C25H25ClF6N2O3/c1-14(2)37-23(36)33-8-4-5-21(20-7-6-19(26)12-22(20)33)34(15(3)35)13-16-9-17(24(27,28)29)11-18(10-16)25(30,31)32/h6-7,9-12,14,21H,4-5,8,13H2,1-3H3/t21-/m1/s1. The molecule has 2 amide bonds. The molecule has 0 fully saturated rings. The van der Waals surface area contributed by atoms with Gasteiger partial charge in [-0.15, -0.1) is 0 Å². The Morgan fingerprint density at radius 1 is 1.05 bits per heavy atom. The Kier molecular flexibility index (Phi) is 8.36. The quantitative estimate of drug-likeness (QED) is 0.368. The second kappa shape index (κ2) is 10.8. The Hall–Kier alpha value is -2.95. The number of halogens is 7. The smallest absolute Gasteiger partial charge is 0.416 e. The molecule has 0 bridgehead atoms. The minimum atomic E-state index is -5.01. The van der Waals surface area contributed by atoms with Crippen LogP contribution in [0.25, 0.3) is 0 Å². The molecule has 2 aromatic rings. The van der Waals surface area contributed by atoms with E-state index in [0.29, 0.717) is 41.2 Å². The molecule has 0 N–H and O–H groups in total. The van der Waals surface area contributed by atoms with Gasteiger partial charge >= 0.3 is 18.4 Å². The van der Waals surface area contributed by atoms with Crippen molar-refractivity contribution in [2.45, 2.75) is 64.7 Å². The topological polar surface area (TPSA) is 49.9 Å². The second-order valence-corrected chi connectivity index (χ2v) is 9.44. The van der Waals surface area contributed by atoms with E-state index in [1.54, 1.807) is 19.9 Å². The van der Waals surface area contributed by atoms with E-state index in [2.05, 4.69) is 0 Å². The largest absolute Gasteiger partial charge is 0.446 e. The highest BCUT2D eigenvalue weighted by molar-refractivity contribution is 6.31. The predicted octanol–water partition coefficient (Wildman–Crippen LogP) is 7.61. The molecular weight excluding hydrogens is 526 g/mol. The van der Waals surface area contributed by atoms with Crippen LogP contribution in [-0.2, 0) is 28.4 Å². The summed E-state index contributed by atoms with van der Waals surface area (Å²) in [6, 6.07) is 5.16. The summed E-state index contributed by atoms with van der Waals surface area (Å²) >= 11 is 6.17. The third-order valence-electron chi connectivity index (χ3n) is 5.84. The lowest BCUT2D eigenvalue weighted by Gasteiger charge is -2.32. The van der Waals surface area contributed by atoms with Gasteiger partial charge in [0.05, 0.1) is 29.0 Å². The van der Waals surface area contributed by atoms with E-state index in [-0.39, 0.29) is 18.2 Å². The van der Waals surface area contributed by atoms with Crippen LogP contribution >= 0.6 is 11.6 Å². The van der Waals surface area contributed by atoms with Crippen LogP contribution in [0.4, 0.5) is 36.8 Å². The van der Waals surface area contributed by atoms with Gasteiger partial charge in [0.15, 0.2) is 0 Å². The summed E-state index contributed by atoms with van der Waals surface area (Å²) in [6.07, 6.45) is -10.4. The summed E-state index contributed by atoms with van der Waals surface area (Å²) in [6.45, 7) is 4.25. The number of alkyl halides is 6. The van der Waals surface area contributed by atoms with Crippen molar-refractivity contribution in [2.75, 3.05) is 11.4 Å². The average molecular weight is 551 g/mol. The number of hydrogen-bond acceptors (Lipinski definition) is 3. The number of nitrogens with zero attached hydrogens (tertiary/aromatic N) is 2. The highest BCUT2D eigenvalue weighted by atomic mass is 35.5. The van der Waals surface area contributed by atoms with Crippen LogP contribution in [0.2, 0.25) is 5.02 Å². The normalized spacial score (nSPS) is 16.3. The SMILES string of the molecule is CC(=O)N(Cc1cc(C(F)(F)F)cc(C(F)(F)F)c1)[C@@H]1CCCN(C(=O)OC(C)C)c2cc(Cl)ccc21. The van der Waals surface area contributed by atoms with Gasteiger partial charge in [-0.25, -0.2) is 4.79 Å². The molecule has 1 atom stereocenters. The van der Waals surface area contributed by atoms with Crippen molar-refractivity contribution < 1.29 is 40.7 Å². The molecule has 5 nitrogen and oxygen atoms in total. The number of amides is 2. The van der Waals surface area contributed by atoms with Crippen LogP contribution < -0.4 is 4.90 Å². The summed E-state index contributed by atoms with van der Waals surface area (Å²) in [5, 5.41) is 0.295. The molecule has 0 radical (unpaired) electrons. The van der Waals surface area contributed by atoms with Crippen LogP contribution in [-0.4, -0.2) is 29.5 Å². The van der Waals surface area contributed by atoms with Gasteiger partial charge < -0.3 is 9.64 Å². The van der Waals surface area contributed by atoms with E-state index < -0.39 is 54.2 Å². The van der Waals surface area contributed by atoms with Crippen molar-refractivity contribution in [1.29, 1.82) is 0 Å². The van der Waals surface area contributed by atoms with Crippen LogP contribution in [0.1, 0.15) is 61.9 Å². The van der Waals surface area contributed by atoms with E-state index in [9.17, 15) is 35.9 Å². The van der Waals surface area contributed by atoms with Gasteiger partial charge in [0.1, 0.15) is 0 Å². The van der Waals surface area contributed by atoms with Crippen molar-refractivity contribution in [3.8, 4) is 0 Å². The monoisotopic (exact) mass is 550 g/mol. The zero-order valence-electron chi connectivity index (χ0n) is 20.2. The highest BCUT2D eigenvalue weighted by Gasteiger charge is 2.38. The lowest BCUT2D eigenvalue weighted by molar-refractivity contribution is -0.143. The van der Waals surface area contributed by atoms with Crippen molar-refractivity contribution in [2.24, 2.45) is 0 Å². The summed E-state index contributed by atoms with van der Waals surface area (Å²) in [7, 11) is 0. The first kappa shape index (κ1) is 28.6. The zero-order chi connectivity index (χ0) is 27.7. The molecular formula is C25H25ClF6N2O3. The molecule has 1 aliphatic rings. The number of carbonyl (C=O) groups is 2. The van der Waals surface area contributed by atoms with Crippen LogP contribution in [0, 0.1) is 0 Å². The Morgan fingerprint density at radius 3 is 2.16 bits per heavy atom. The Bertz CT molecular complexity index is 1130. The number of fused-ring (bicyclic) bond motifs is 1. The molecule has 2 aromatic carbocycles. The number of rotatable bonds is 4. The maximum absolute atomic E-state index is 13.4. The van der Waals surface area contributed by atoms with Crippen molar-refractivity contribution >= 4 is 29.3 Å². The number of ether oxygens (including phenoxy) is 1. The van der Waals surface area contributed by atoms with Gasteiger partial charge in [-0.3, -0.25) is 9.69 Å². The van der Waals surface area contributed by atoms with E-state index in [0.717, 1.165) is 0 Å². The molecule has 3 rings (SSSR count). The van der Waals surface area contributed by atoms with Crippen molar-refractivity contribution in [3.63, 3.8) is 0 Å². The van der Waals surface area contributed by atoms with Gasteiger partial charge in [-0.1, -0.05) is 17.7 Å². The lowest BCUT2D eigenvalue weighted by Crippen LogP contribution is -2.34. The first-order valence-electron chi connectivity index (χ1n) is 11.4. The number of carbonyl (C=O) groups excluding carboxylic acids is 2. The molecule has 1 aliphatic heterocycles. The summed E-state index contributed by atoms with van der Waals surface area (Å²) in [5.41, 5.74) is -2.42. The Morgan fingerprint density at radius 2 is 1.65 bits per heavy atom. The molecule has 202 valence electrons. The third-order valence-corrected chi connectivity index (χ3v) is 6.07. The maximum atomic E-state index is 13.4. The number of hydrogen-bond donors (Lipinski definition) is 0. The first-order valence-corrected chi connectivity index (χ1v) is 11.8. The molecule has 37 heavy (non-hydrogen) atoms. The molecule has 1 heterocycles. The average Bonchev–Trinajstić information content (AvgIpc) is 2.94. The van der Waals surface area contributed by atoms with Crippen LogP contribution in [0.3, 0.4) is 0 Å². The number of anilines is 1. The number of benzene rings is 2. The van der Waals surface area contributed by atoms with Gasteiger partial charge in [-0.2, -0.15) is 26.3 Å². The van der Waals surface area contributed by atoms with E-state index >= 15 is 0 Å².